The summed E-state index contributed by atoms with van der Waals surface area (Å²) in [5, 5.41) is 0. The lowest BCUT2D eigenvalue weighted by molar-refractivity contribution is -0.107. The third-order valence-corrected chi connectivity index (χ3v) is 16.8. The standard InChI is InChI=1S/C50H60B2O2/c1-34(28-29-51(45-32-41-30-43(35(45)2)47(41,4)5)46-33-42-31-44(36(46)3)48(42,6)7)52-53-49(37-20-12-8-13-21-37,38-22-14-9-15-23-38)50(54-52,39-24-16-10-17-25-39)40-26-18-11-19-27-40/h8-28,35-36,41-46H,29-33H2,1-7H3/b34-28+. The maximum Gasteiger partial charge on any atom is 0.490 e. The van der Waals surface area contributed by atoms with Crippen LogP contribution >= 0.6 is 0 Å². The summed E-state index contributed by atoms with van der Waals surface area (Å²) >= 11 is 0. The number of fused-ring (bicyclic) bond motifs is 4. The Kier molecular flexibility index (Phi) is 9.02. The Labute approximate surface area is 326 Å². The molecule has 11 rings (SSSR count). The molecule has 4 heteroatoms. The molecule has 8 atom stereocenters. The largest absolute Gasteiger partial charge is 0.490 e. The van der Waals surface area contributed by atoms with Crippen LogP contribution in [0.4, 0.5) is 0 Å². The van der Waals surface area contributed by atoms with E-state index in [2.05, 4.69) is 176 Å². The molecule has 0 radical (unpaired) electrons. The molecule has 0 spiro atoms. The summed E-state index contributed by atoms with van der Waals surface area (Å²) in [5.74, 6) is 6.57. The van der Waals surface area contributed by atoms with Crippen molar-refractivity contribution < 1.29 is 9.31 Å². The maximum atomic E-state index is 7.69. The topological polar surface area (TPSA) is 18.5 Å². The molecule has 0 N–H and O–H groups in total. The molecule has 4 aromatic rings. The smallest absolute Gasteiger partial charge is 0.390 e. The van der Waals surface area contributed by atoms with Crippen molar-refractivity contribution in [3.63, 3.8) is 0 Å². The predicted molar refractivity (Wildman–Crippen MR) is 225 cm³/mol. The highest BCUT2D eigenvalue weighted by Gasteiger charge is 2.66. The second-order valence-electron chi connectivity index (χ2n) is 19.5. The normalized spacial score (nSPS) is 32.6. The van der Waals surface area contributed by atoms with Gasteiger partial charge in [0.05, 0.1) is 0 Å². The minimum Gasteiger partial charge on any atom is -0.390 e. The fourth-order valence-electron chi connectivity index (χ4n) is 13.4. The van der Waals surface area contributed by atoms with Crippen molar-refractivity contribution >= 4 is 13.8 Å². The zero-order valence-corrected chi connectivity index (χ0v) is 33.7. The first-order chi connectivity index (χ1) is 26.0. The van der Waals surface area contributed by atoms with Gasteiger partial charge in [0.15, 0.2) is 6.71 Å². The van der Waals surface area contributed by atoms with Crippen LogP contribution in [0.3, 0.4) is 0 Å². The molecule has 0 aromatic heterocycles. The molecule has 54 heavy (non-hydrogen) atoms. The fraction of sp³-hybridized carbons (Fsp3) is 0.480. The molecular weight excluding hydrogens is 654 g/mol. The fourth-order valence-corrected chi connectivity index (χ4v) is 13.4. The molecule has 1 aliphatic heterocycles. The first-order valence-electron chi connectivity index (χ1n) is 21.2. The van der Waals surface area contributed by atoms with Gasteiger partial charge in [0.1, 0.15) is 11.2 Å². The summed E-state index contributed by atoms with van der Waals surface area (Å²) in [7, 11) is -0.529. The maximum absolute atomic E-state index is 7.69. The molecule has 4 aromatic carbocycles. The zero-order chi connectivity index (χ0) is 37.5. The Hall–Kier alpha value is -3.33. The van der Waals surface area contributed by atoms with Crippen LogP contribution in [0.15, 0.2) is 133 Å². The van der Waals surface area contributed by atoms with Crippen LogP contribution in [0.2, 0.25) is 18.0 Å². The van der Waals surface area contributed by atoms with E-state index in [4.69, 9.17) is 9.31 Å². The van der Waals surface area contributed by atoms with E-state index in [0.717, 1.165) is 75.7 Å². The summed E-state index contributed by atoms with van der Waals surface area (Å²) in [6.07, 6.45) is 9.35. The molecule has 1 saturated heterocycles. The van der Waals surface area contributed by atoms with Gasteiger partial charge in [-0.2, -0.15) is 0 Å². The summed E-state index contributed by atoms with van der Waals surface area (Å²) in [6, 6.07) is 43.3. The van der Waals surface area contributed by atoms with E-state index >= 15 is 0 Å². The average Bonchev–Trinajstić information content (AvgIpc) is 3.58. The van der Waals surface area contributed by atoms with Gasteiger partial charge in [-0.15, -0.1) is 0 Å². The van der Waals surface area contributed by atoms with E-state index in [1.807, 2.05) is 0 Å². The minimum atomic E-state index is -0.952. The Morgan fingerprint density at radius 3 is 1.20 bits per heavy atom. The van der Waals surface area contributed by atoms with Crippen LogP contribution in [0.5, 0.6) is 0 Å². The van der Waals surface area contributed by atoms with E-state index < -0.39 is 18.3 Å². The summed E-state index contributed by atoms with van der Waals surface area (Å²) < 4.78 is 15.4. The van der Waals surface area contributed by atoms with Crippen molar-refractivity contribution in [2.75, 3.05) is 0 Å². The Morgan fingerprint density at radius 1 is 0.574 bits per heavy atom. The third-order valence-electron chi connectivity index (χ3n) is 16.8. The molecular formula is C50H60B2O2. The van der Waals surface area contributed by atoms with E-state index in [0.29, 0.717) is 17.5 Å². The van der Waals surface area contributed by atoms with E-state index in [1.54, 1.807) is 0 Å². The number of allylic oxidation sites excluding steroid dienone is 2. The van der Waals surface area contributed by atoms with Crippen molar-refractivity contribution in [3.05, 3.63) is 155 Å². The summed E-state index contributed by atoms with van der Waals surface area (Å²) in [6.45, 7) is 18.5. The van der Waals surface area contributed by atoms with E-state index in [9.17, 15) is 0 Å². The van der Waals surface area contributed by atoms with Crippen LogP contribution < -0.4 is 0 Å². The first kappa shape index (κ1) is 36.3. The second-order valence-corrected chi connectivity index (χ2v) is 19.5. The van der Waals surface area contributed by atoms with Gasteiger partial charge in [0.25, 0.3) is 0 Å². The molecule has 6 saturated carbocycles. The van der Waals surface area contributed by atoms with Crippen molar-refractivity contribution in [3.8, 4) is 0 Å². The van der Waals surface area contributed by atoms with Gasteiger partial charge >= 0.3 is 7.12 Å². The van der Waals surface area contributed by atoms with Crippen molar-refractivity contribution in [2.24, 2.45) is 46.3 Å². The van der Waals surface area contributed by atoms with Crippen LogP contribution in [0, 0.1) is 46.3 Å². The van der Waals surface area contributed by atoms with Crippen molar-refractivity contribution in [1.29, 1.82) is 0 Å². The Balaban J connectivity index is 1.15. The average molecular weight is 715 g/mol. The quantitative estimate of drug-likeness (QED) is 0.161. The highest BCUT2D eigenvalue weighted by Crippen LogP contribution is 2.70. The minimum absolute atomic E-state index is 0.497. The molecule has 4 bridgehead atoms. The van der Waals surface area contributed by atoms with E-state index in [-0.39, 0.29) is 0 Å². The van der Waals surface area contributed by atoms with Gasteiger partial charge in [-0.05, 0) is 93.8 Å². The Bertz CT molecular complexity index is 1750. The van der Waals surface area contributed by atoms with Gasteiger partial charge in [0, 0.05) is 0 Å². The lowest BCUT2D eigenvalue weighted by atomic mass is 9.20. The van der Waals surface area contributed by atoms with Crippen LogP contribution in [0.25, 0.3) is 0 Å². The third kappa shape index (κ3) is 5.28. The monoisotopic (exact) mass is 714 g/mol. The lowest BCUT2D eigenvalue weighted by Gasteiger charge is -2.66. The van der Waals surface area contributed by atoms with E-state index in [1.165, 1.54) is 31.2 Å². The van der Waals surface area contributed by atoms with Gasteiger partial charge < -0.3 is 9.31 Å². The highest BCUT2D eigenvalue weighted by atomic mass is 16.7. The van der Waals surface area contributed by atoms with Gasteiger partial charge in [-0.3, -0.25) is 0 Å². The van der Waals surface area contributed by atoms with Gasteiger partial charge in [-0.25, -0.2) is 0 Å². The number of benzene rings is 4. The van der Waals surface area contributed by atoms with Crippen LogP contribution in [0.1, 0.15) is 96.4 Å². The van der Waals surface area contributed by atoms with Crippen molar-refractivity contribution in [1.82, 2.24) is 0 Å². The number of hydrogen-bond acceptors (Lipinski definition) is 2. The van der Waals surface area contributed by atoms with Gasteiger partial charge in [0.2, 0.25) is 0 Å². The molecule has 7 aliphatic rings. The molecule has 278 valence electrons. The van der Waals surface area contributed by atoms with Crippen LogP contribution in [-0.2, 0) is 20.5 Å². The lowest BCUT2D eigenvalue weighted by Crippen LogP contribution is -2.59. The van der Waals surface area contributed by atoms with Crippen LogP contribution in [-0.4, -0.2) is 13.8 Å². The zero-order valence-electron chi connectivity index (χ0n) is 33.7. The summed E-state index contributed by atoms with van der Waals surface area (Å²) in [4.78, 5) is 0. The first-order valence-corrected chi connectivity index (χ1v) is 21.2. The SMILES string of the molecule is C/C(=C\CB(C1CC2CC(C1C)C2(C)C)C1CC2CC(C1C)C2(C)C)B1OC(c2ccccc2)(c2ccccc2)C(c2ccccc2)(c2ccccc2)O1. The van der Waals surface area contributed by atoms with Gasteiger partial charge in [-0.1, -0.05) is 200 Å². The predicted octanol–water partition coefficient (Wildman–Crippen LogP) is 12.5. The molecule has 8 unspecified atom stereocenters. The molecule has 2 nitrogen and oxygen atoms in total. The Morgan fingerprint density at radius 2 is 0.907 bits per heavy atom. The molecule has 6 aliphatic carbocycles. The molecule has 1 heterocycles. The van der Waals surface area contributed by atoms with Crippen molar-refractivity contribution in [2.45, 2.75) is 103 Å². The number of hydrogen-bond donors (Lipinski definition) is 0. The molecule has 0 amide bonds. The highest BCUT2D eigenvalue weighted by molar-refractivity contribution is 6.63. The molecule has 7 fully saturated rings. The number of rotatable bonds is 9. The summed E-state index contributed by atoms with van der Waals surface area (Å²) in [5.41, 5.74) is 4.64. The second kappa shape index (κ2) is 13.4.